The number of hydrogen-bond acceptors (Lipinski definition) is 3. The molecule has 1 aromatic carbocycles. The van der Waals surface area contributed by atoms with Crippen molar-refractivity contribution in [2.24, 2.45) is 0 Å². The van der Waals surface area contributed by atoms with E-state index in [4.69, 9.17) is 9.47 Å². The Morgan fingerprint density at radius 2 is 2.00 bits per heavy atom. The molecule has 4 heteroatoms. The highest BCUT2D eigenvalue weighted by Crippen LogP contribution is 2.28. The lowest BCUT2D eigenvalue weighted by molar-refractivity contribution is 0.0546. The van der Waals surface area contributed by atoms with Gasteiger partial charge >= 0.3 is 0 Å². The molecule has 0 saturated heterocycles. The van der Waals surface area contributed by atoms with Crippen LogP contribution in [0.25, 0.3) is 0 Å². The summed E-state index contributed by atoms with van der Waals surface area (Å²) in [6, 6.07) is 3.84. The van der Waals surface area contributed by atoms with Crippen molar-refractivity contribution in [3.63, 3.8) is 0 Å². The van der Waals surface area contributed by atoms with Crippen LogP contribution in [-0.4, -0.2) is 24.4 Å². The fourth-order valence-electron chi connectivity index (χ4n) is 1.55. The van der Waals surface area contributed by atoms with Crippen molar-refractivity contribution in [2.75, 3.05) is 13.2 Å². The molecular formula is C13H19BrO3. The maximum atomic E-state index is 9.28. The third-order valence-corrected chi connectivity index (χ3v) is 2.73. The Labute approximate surface area is 111 Å². The van der Waals surface area contributed by atoms with E-state index >= 15 is 0 Å². The highest BCUT2D eigenvalue weighted by Gasteiger charge is 2.08. The van der Waals surface area contributed by atoms with Crippen molar-refractivity contribution in [3.05, 3.63) is 27.7 Å². The average Bonchev–Trinajstić information content (AvgIpc) is 2.25. The zero-order valence-electron chi connectivity index (χ0n) is 10.5. The molecular weight excluding hydrogens is 284 g/mol. The Morgan fingerprint density at radius 1 is 1.29 bits per heavy atom. The van der Waals surface area contributed by atoms with Crippen LogP contribution in [0.5, 0.6) is 5.75 Å². The van der Waals surface area contributed by atoms with Gasteiger partial charge in [-0.25, -0.2) is 0 Å². The van der Waals surface area contributed by atoms with E-state index in [0.717, 1.165) is 21.3 Å². The molecule has 0 bridgehead atoms. The number of halogens is 1. The van der Waals surface area contributed by atoms with Gasteiger partial charge in [-0.3, -0.25) is 0 Å². The van der Waals surface area contributed by atoms with E-state index in [2.05, 4.69) is 15.9 Å². The molecule has 1 rings (SSSR count). The number of ether oxygens (including phenoxy) is 2. The zero-order valence-corrected chi connectivity index (χ0v) is 12.1. The average molecular weight is 303 g/mol. The maximum Gasteiger partial charge on any atom is 0.127 e. The molecule has 1 aromatic rings. The van der Waals surface area contributed by atoms with Crippen molar-refractivity contribution < 1.29 is 14.6 Å². The second kappa shape index (κ2) is 6.99. The molecule has 0 amide bonds. The molecule has 1 N–H and O–H groups in total. The predicted molar refractivity (Wildman–Crippen MR) is 71.4 cm³/mol. The minimum atomic E-state index is -0.0271. The van der Waals surface area contributed by atoms with Crippen molar-refractivity contribution in [2.45, 2.75) is 33.5 Å². The number of rotatable bonds is 6. The molecule has 0 aliphatic carbocycles. The molecule has 0 unspecified atom stereocenters. The maximum absolute atomic E-state index is 9.28. The topological polar surface area (TPSA) is 38.7 Å². The SMILES string of the molecule is Cc1cc(Br)cc(CO)c1OCCOC(C)C. The molecule has 0 aliphatic rings. The smallest absolute Gasteiger partial charge is 0.127 e. The van der Waals surface area contributed by atoms with Gasteiger partial charge in [-0.2, -0.15) is 0 Å². The Hall–Kier alpha value is -0.580. The fraction of sp³-hybridized carbons (Fsp3) is 0.538. The van der Waals surface area contributed by atoms with Gasteiger partial charge in [-0.15, -0.1) is 0 Å². The summed E-state index contributed by atoms with van der Waals surface area (Å²) in [7, 11) is 0. The molecule has 0 fully saturated rings. The van der Waals surface area contributed by atoms with Crippen molar-refractivity contribution in [3.8, 4) is 5.75 Å². The number of hydrogen-bond donors (Lipinski definition) is 1. The van der Waals surface area contributed by atoms with Gasteiger partial charge in [-0.1, -0.05) is 15.9 Å². The van der Waals surface area contributed by atoms with Crippen molar-refractivity contribution in [1.29, 1.82) is 0 Å². The highest BCUT2D eigenvalue weighted by atomic mass is 79.9. The summed E-state index contributed by atoms with van der Waals surface area (Å²) in [5.41, 5.74) is 1.80. The summed E-state index contributed by atoms with van der Waals surface area (Å²) < 4.78 is 12.0. The van der Waals surface area contributed by atoms with Crippen LogP contribution in [0.15, 0.2) is 16.6 Å². The largest absolute Gasteiger partial charge is 0.491 e. The van der Waals surface area contributed by atoms with Gasteiger partial charge in [0.25, 0.3) is 0 Å². The van der Waals surface area contributed by atoms with E-state index < -0.39 is 0 Å². The van der Waals surface area contributed by atoms with Crippen LogP contribution in [0.1, 0.15) is 25.0 Å². The van der Waals surface area contributed by atoms with E-state index in [1.54, 1.807) is 0 Å². The number of aliphatic hydroxyl groups excluding tert-OH is 1. The Bertz CT molecular complexity index is 364. The zero-order chi connectivity index (χ0) is 12.8. The van der Waals surface area contributed by atoms with Crippen LogP contribution in [0.2, 0.25) is 0 Å². The molecule has 0 aliphatic heterocycles. The Morgan fingerprint density at radius 3 is 2.59 bits per heavy atom. The van der Waals surface area contributed by atoms with E-state index in [1.165, 1.54) is 0 Å². The van der Waals surface area contributed by atoms with Gasteiger partial charge in [-0.05, 0) is 38.5 Å². The van der Waals surface area contributed by atoms with Gasteiger partial charge < -0.3 is 14.6 Å². The lowest BCUT2D eigenvalue weighted by atomic mass is 10.1. The second-order valence-electron chi connectivity index (χ2n) is 4.14. The summed E-state index contributed by atoms with van der Waals surface area (Å²) in [5, 5.41) is 9.28. The summed E-state index contributed by atoms with van der Waals surface area (Å²) in [4.78, 5) is 0. The number of aryl methyl sites for hydroxylation is 1. The van der Waals surface area contributed by atoms with Gasteiger partial charge in [0.1, 0.15) is 12.4 Å². The van der Waals surface area contributed by atoms with Crippen molar-refractivity contribution in [1.82, 2.24) is 0 Å². The fourth-order valence-corrected chi connectivity index (χ4v) is 2.17. The summed E-state index contributed by atoms with van der Waals surface area (Å²) in [6.45, 7) is 6.96. The lowest BCUT2D eigenvalue weighted by Gasteiger charge is -2.14. The first kappa shape index (κ1) is 14.5. The lowest BCUT2D eigenvalue weighted by Crippen LogP contribution is -2.12. The molecule has 0 heterocycles. The molecule has 0 saturated carbocycles. The van der Waals surface area contributed by atoms with Crippen LogP contribution in [-0.2, 0) is 11.3 Å². The standard InChI is InChI=1S/C13H19BrO3/c1-9(2)16-4-5-17-13-10(3)6-12(14)7-11(13)8-15/h6-7,9,15H,4-5,8H2,1-3H3. The molecule has 0 aromatic heterocycles. The third-order valence-electron chi connectivity index (χ3n) is 2.27. The molecule has 17 heavy (non-hydrogen) atoms. The number of aliphatic hydroxyl groups is 1. The first-order chi connectivity index (χ1) is 8.04. The molecule has 3 nitrogen and oxygen atoms in total. The first-order valence-corrected chi connectivity index (χ1v) is 6.48. The normalized spacial score (nSPS) is 10.9. The highest BCUT2D eigenvalue weighted by molar-refractivity contribution is 9.10. The molecule has 0 atom stereocenters. The van der Waals surface area contributed by atoms with Crippen LogP contribution in [0.3, 0.4) is 0 Å². The van der Waals surface area contributed by atoms with Crippen LogP contribution in [0.4, 0.5) is 0 Å². The van der Waals surface area contributed by atoms with Crippen LogP contribution < -0.4 is 4.74 Å². The van der Waals surface area contributed by atoms with Crippen LogP contribution in [0, 0.1) is 6.92 Å². The van der Waals surface area contributed by atoms with E-state index in [0.29, 0.717) is 13.2 Å². The quantitative estimate of drug-likeness (QED) is 0.821. The molecule has 0 radical (unpaired) electrons. The Balaban J connectivity index is 2.63. The van der Waals surface area contributed by atoms with Crippen molar-refractivity contribution >= 4 is 15.9 Å². The first-order valence-electron chi connectivity index (χ1n) is 5.69. The van der Waals surface area contributed by atoms with E-state index in [9.17, 15) is 5.11 Å². The summed E-state index contributed by atoms with van der Waals surface area (Å²) >= 11 is 3.40. The minimum absolute atomic E-state index is 0.0271. The number of benzene rings is 1. The second-order valence-corrected chi connectivity index (χ2v) is 5.05. The summed E-state index contributed by atoms with van der Waals surface area (Å²) in [6.07, 6.45) is 0.210. The molecule has 0 spiro atoms. The van der Waals surface area contributed by atoms with E-state index in [1.807, 2.05) is 32.9 Å². The van der Waals surface area contributed by atoms with Gasteiger partial charge in [0.05, 0.1) is 19.3 Å². The monoisotopic (exact) mass is 302 g/mol. The molecule has 96 valence electrons. The van der Waals surface area contributed by atoms with Gasteiger partial charge in [0, 0.05) is 10.0 Å². The third kappa shape index (κ3) is 4.66. The summed E-state index contributed by atoms with van der Waals surface area (Å²) in [5.74, 6) is 0.753. The minimum Gasteiger partial charge on any atom is -0.491 e. The Kier molecular flexibility index (Phi) is 5.95. The van der Waals surface area contributed by atoms with Crippen LogP contribution >= 0.6 is 15.9 Å². The van der Waals surface area contributed by atoms with Gasteiger partial charge in [0.15, 0.2) is 0 Å². The van der Waals surface area contributed by atoms with E-state index in [-0.39, 0.29) is 12.7 Å². The predicted octanol–water partition coefficient (Wildman–Crippen LogP) is 3.05. The van der Waals surface area contributed by atoms with Gasteiger partial charge in [0.2, 0.25) is 0 Å².